The van der Waals surface area contributed by atoms with E-state index in [4.69, 9.17) is 37.9 Å². The number of aromatic nitrogens is 4. The molecule has 12 heteroatoms. The third kappa shape index (κ3) is 4.93. The van der Waals surface area contributed by atoms with Crippen molar-refractivity contribution >= 4 is 43.6 Å². The molecule has 5 heterocycles. The smallest absolute Gasteiger partial charge is 0.134 e. The van der Waals surface area contributed by atoms with Crippen LogP contribution in [0.5, 0.6) is 46.0 Å². The lowest BCUT2D eigenvalue weighted by molar-refractivity contribution is 0.392. The van der Waals surface area contributed by atoms with E-state index in [2.05, 4.69) is 47.6 Å². The molecular weight excluding hydrogens is 737 g/mol. The van der Waals surface area contributed by atoms with Crippen molar-refractivity contribution in [2.75, 3.05) is 56.9 Å². The van der Waals surface area contributed by atoms with Crippen LogP contribution in [0, 0.1) is 27.7 Å². The number of H-pyrrole nitrogens is 4. The topological polar surface area (TPSA) is 137 Å². The van der Waals surface area contributed by atoms with Gasteiger partial charge in [0, 0.05) is 81.2 Å². The third-order valence-electron chi connectivity index (χ3n) is 12.4. The van der Waals surface area contributed by atoms with Gasteiger partial charge in [-0.3, -0.25) is 0 Å². The van der Waals surface area contributed by atoms with Crippen molar-refractivity contribution in [3.63, 3.8) is 0 Å². The summed E-state index contributed by atoms with van der Waals surface area (Å²) in [4.78, 5) is 15.5. The lowest BCUT2D eigenvalue weighted by Crippen LogP contribution is -2.01. The van der Waals surface area contributed by atoms with Gasteiger partial charge in [-0.2, -0.15) is 0 Å². The summed E-state index contributed by atoms with van der Waals surface area (Å²) >= 11 is 0. The van der Waals surface area contributed by atoms with Crippen LogP contribution in [-0.2, 0) is 12.8 Å². The number of aryl methyl sites for hydroxylation is 4. The molecule has 58 heavy (non-hydrogen) atoms. The zero-order valence-corrected chi connectivity index (χ0v) is 35.0. The molecule has 0 aliphatic carbocycles. The van der Waals surface area contributed by atoms with E-state index in [1.54, 1.807) is 56.9 Å². The molecule has 300 valence electrons. The number of hydrogen-bond donors (Lipinski definition) is 4. The van der Waals surface area contributed by atoms with Crippen LogP contribution in [0.3, 0.4) is 0 Å². The number of methoxy groups -OCH3 is 8. The molecule has 0 amide bonds. The molecule has 4 aromatic heterocycles. The molecule has 0 spiro atoms. The van der Waals surface area contributed by atoms with E-state index in [0.717, 1.165) is 111 Å². The molecule has 0 saturated heterocycles. The third-order valence-corrected chi connectivity index (χ3v) is 12.4. The summed E-state index contributed by atoms with van der Waals surface area (Å²) in [7, 11) is 13.5. The zero-order chi connectivity index (χ0) is 40.9. The lowest BCUT2D eigenvalue weighted by Gasteiger charge is -2.17. The van der Waals surface area contributed by atoms with Crippen LogP contribution in [-0.4, -0.2) is 76.8 Å². The first kappa shape index (κ1) is 37.0. The summed E-state index contributed by atoms with van der Waals surface area (Å²) < 4.78 is 49.0. The average molecular weight is 785 g/mol. The second-order valence-electron chi connectivity index (χ2n) is 14.9. The molecule has 0 unspecified atom stereocenters. The Morgan fingerprint density at radius 1 is 0.345 bits per heavy atom. The van der Waals surface area contributed by atoms with Crippen molar-refractivity contribution in [3.05, 3.63) is 69.0 Å². The van der Waals surface area contributed by atoms with Crippen LogP contribution in [0.15, 0.2) is 24.3 Å². The van der Waals surface area contributed by atoms with Gasteiger partial charge >= 0.3 is 0 Å². The maximum atomic E-state index is 6.17. The normalized spacial score (nSPS) is 12.3. The second kappa shape index (κ2) is 13.5. The van der Waals surface area contributed by atoms with Gasteiger partial charge < -0.3 is 57.8 Å². The Balaban J connectivity index is 1.51. The van der Waals surface area contributed by atoms with Gasteiger partial charge in [0.25, 0.3) is 0 Å². The summed E-state index contributed by atoms with van der Waals surface area (Å²) in [6.45, 7) is 8.50. The highest BCUT2D eigenvalue weighted by molar-refractivity contribution is 6.09. The van der Waals surface area contributed by atoms with Crippen LogP contribution in [0.4, 0.5) is 0 Å². The number of fused-ring (bicyclic) bond motifs is 6. The molecule has 1 aliphatic heterocycles. The predicted octanol–water partition coefficient (Wildman–Crippen LogP) is 9.74. The molecule has 0 fully saturated rings. The van der Waals surface area contributed by atoms with E-state index in [1.165, 1.54) is 0 Å². The minimum Gasteiger partial charge on any atom is -0.496 e. The quantitative estimate of drug-likeness (QED) is 0.120. The SMILES string of the molecule is COc1cc(OC)c2c(C)c3[nH]c2c1Cc1c(OC)cc(OC)c2c(C)c([nH]c12)-c1c(OC)cc(OC)c2c(C)c([nH]c12)Cc1[nH]c2c-3c(OC)cc(OC)c2c1C. The fourth-order valence-electron chi connectivity index (χ4n) is 9.50. The number of benzene rings is 4. The molecule has 4 N–H and O–H groups in total. The van der Waals surface area contributed by atoms with Crippen LogP contribution < -0.4 is 37.9 Å². The second-order valence-corrected chi connectivity index (χ2v) is 14.9. The van der Waals surface area contributed by atoms with Gasteiger partial charge in [0.1, 0.15) is 46.0 Å². The fourth-order valence-corrected chi connectivity index (χ4v) is 9.50. The summed E-state index contributed by atoms with van der Waals surface area (Å²) in [6.07, 6.45) is 0.993. The number of ether oxygens (including phenoxy) is 8. The molecule has 8 bridgehead atoms. The first-order valence-corrected chi connectivity index (χ1v) is 19.1. The van der Waals surface area contributed by atoms with E-state index in [1.807, 2.05) is 24.3 Å². The van der Waals surface area contributed by atoms with Crippen molar-refractivity contribution in [1.29, 1.82) is 0 Å². The number of aromatic amines is 4. The van der Waals surface area contributed by atoms with Crippen molar-refractivity contribution in [2.24, 2.45) is 0 Å². The standard InChI is InChI=1S/C46H48N4O8/c1-19-25-14-26-20(2)36-32(56-10)18-34(58-12)40(46(36)48-26)42-22(4)38-30(54-8)16-28(52-6)24(44(38)50-42)13-23-27(51-5)15-29(53-7)37-21(3)41(49-43(23)37)39-33(57-11)17-31(55-9)35(19)45(39)47-25/h15-18,47-50H,13-14H2,1-12H3. The molecule has 1 aliphatic rings. The van der Waals surface area contributed by atoms with Gasteiger partial charge in [-0.25, -0.2) is 0 Å². The van der Waals surface area contributed by atoms with Crippen molar-refractivity contribution < 1.29 is 37.9 Å². The molecule has 9 rings (SSSR count). The summed E-state index contributed by atoms with van der Waals surface area (Å²) in [5, 5.41) is 3.82. The Kier molecular flexibility index (Phi) is 8.64. The Hall–Kier alpha value is -6.56. The van der Waals surface area contributed by atoms with Gasteiger partial charge in [-0.1, -0.05) is 0 Å². The maximum absolute atomic E-state index is 6.17. The predicted molar refractivity (Wildman–Crippen MR) is 228 cm³/mol. The molecule has 12 nitrogen and oxygen atoms in total. The Morgan fingerprint density at radius 3 is 0.983 bits per heavy atom. The van der Waals surface area contributed by atoms with E-state index in [-0.39, 0.29) is 0 Å². The van der Waals surface area contributed by atoms with Gasteiger partial charge in [0.15, 0.2) is 0 Å². The Morgan fingerprint density at radius 2 is 0.655 bits per heavy atom. The minimum absolute atomic E-state index is 0.425. The van der Waals surface area contributed by atoms with Gasteiger partial charge in [0.05, 0.1) is 101 Å². The van der Waals surface area contributed by atoms with E-state index < -0.39 is 0 Å². The summed E-state index contributed by atoms with van der Waals surface area (Å²) in [5.74, 6) is 5.45. The zero-order valence-electron chi connectivity index (χ0n) is 35.0. The number of rotatable bonds is 8. The van der Waals surface area contributed by atoms with Crippen molar-refractivity contribution in [3.8, 4) is 68.5 Å². The monoisotopic (exact) mass is 784 g/mol. The number of nitrogens with one attached hydrogen (secondary N) is 4. The van der Waals surface area contributed by atoms with Crippen molar-refractivity contribution in [2.45, 2.75) is 40.5 Å². The van der Waals surface area contributed by atoms with Crippen LogP contribution in [0.25, 0.3) is 66.1 Å². The fraction of sp³-hybridized carbons (Fsp3) is 0.304. The van der Waals surface area contributed by atoms with Crippen LogP contribution in [0.1, 0.15) is 44.8 Å². The molecule has 0 radical (unpaired) electrons. The van der Waals surface area contributed by atoms with Gasteiger partial charge in [0.2, 0.25) is 0 Å². The Labute approximate surface area is 335 Å². The first-order valence-electron chi connectivity index (χ1n) is 19.1. The van der Waals surface area contributed by atoms with E-state index >= 15 is 0 Å². The minimum atomic E-state index is 0.425. The van der Waals surface area contributed by atoms with Crippen LogP contribution in [0.2, 0.25) is 0 Å². The summed E-state index contributed by atoms with van der Waals surface area (Å²) in [5.41, 5.74) is 15.1. The molecule has 0 saturated carbocycles. The molecule has 0 atom stereocenters. The highest BCUT2D eigenvalue weighted by Gasteiger charge is 2.31. The average Bonchev–Trinajstić information content (AvgIpc) is 3.97. The number of hydrogen-bond acceptors (Lipinski definition) is 8. The first-order chi connectivity index (χ1) is 28.1. The highest BCUT2D eigenvalue weighted by Crippen LogP contribution is 2.52. The molecule has 8 aromatic rings. The van der Waals surface area contributed by atoms with Gasteiger partial charge in [-0.15, -0.1) is 0 Å². The van der Waals surface area contributed by atoms with E-state index in [9.17, 15) is 0 Å². The summed E-state index contributed by atoms with van der Waals surface area (Å²) in [6, 6.07) is 7.86. The molecular formula is C46H48N4O8. The largest absolute Gasteiger partial charge is 0.496 e. The lowest BCUT2D eigenvalue weighted by atomic mass is 9.95. The van der Waals surface area contributed by atoms with Crippen LogP contribution >= 0.6 is 0 Å². The van der Waals surface area contributed by atoms with Gasteiger partial charge in [-0.05, 0) is 49.9 Å². The Bertz CT molecular complexity index is 2800. The molecule has 4 aromatic carbocycles. The maximum Gasteiger partial charge on any atom is 0.134 e. The highest BCUT2D eigenvalue weighted by atomic mass is 16.5. The van der Waals surface area contributed by atoms with Crippen molar-refractivity contribution in [1.82, 2.24) is 19.9 Å². The van der Waals surface area contributed by atoms with E-state index in [0.29, 0.717) is 58.8 Å².